The highest BCUT2D eigenvalue weighted by molar-refractivity contribution is 5.89. The summed E-state index contributed by atoms with van der Waals surface area (Å²) in [5.41, 5.74) is 4.51. The third kappa shape index (κ3) is 5.34. The van der Waals surface area contributed by atoms with Crippen molar-refractivity contribution < 1.29 is 24.2 Å². The lowest BCUT2D eigenvalue weighted by Gasteiger charge is -2.38. The molecule has 0 bridgehead atoms. The van der Waals surface area contributed by atoms with Crippen LogP contribution in [0, 0.1) is 11.8 Å². The number of rotatable bonds is 7. The molecule has 2 aliphatic rings. The fourth-order valence-electron chi connectivity index (χ4n) is 5.31. The van der Waals surface area contributed by atoms with Gasteiger partial charge in [-0.05, 0) is 53.4 Å². The van der Waals surface area contributed by atoms with Crippen molar-refractivity contribution >= 4 is 18.0 Å². The molecule has 186 valence electrons. The number of nitrogens with one attached hydrogen (secondary N) is 1. The Bertz CT molecular complexity index is 1050. The van der Waals surface area contributed by atoms with E-state index < -0.39 is 24.1 Å². The second-order valence-corrected chi connectivity index (χ2v) is 10.2. The molecule has 0 spiro atoms. The molecule has 1 saturated heterocycles. The number of ether oxygens (including phenoxy) is 1. The molecule has 2 amide bonds. The zero-order valence-electron chi connectivity index (χ0n) is 20.6. The minimum absolute atomic E-state index is 0.0765. The molecule has 7 nitrogen and oxygen atoms in total. The number of piperidine rings is 1. The van der Waals surface area contributed by atoms with Crippen LogP contribution in [0.5, 0.6) is 0 Å². The van der Waals surface area contributed by atoms with Gasteiger partial charge < -0.3 is 20.1 Å². The van der Waals surface area contributed by atoms with Crippen molar-refractivity contribution in [3.8, 4) is 11.1 Å². The predicted octanol–water partition coefficient (Wildman–Crippen LogP) is 4.65. The first-order valence-corrected chi connectivity index (χ1v) is 12.4. The molecule has 1 aliphatic carbocycles. The zero-order valence-corrected chi connectivity index (χ0v) is 20.6. The van der Waals surface area contributed by atoms with Crippen molar-refractivity contribution in [1.29, 1.82) is 0 Å². The number of carboxylic acid groups (broad SMARTS) is 1. The number of carbonyl (C=O) groups is 3. The summed E-state index contributed by atoms with van der Waals surface area (Å²) in [7, 11) is 0. The van der Waals surface area contributed by atoms with Crippen molar-refractivity contribution in [2.45, 2.75) is 58.0 Å². The quantitative estimate of drug-likeness (QED) is 0.604. The Morgan fingerprint density at radius 3 is 2.23 bits per heavy atom. The number of hydrogen-bond donors (Lipinski definition) is 2. The highest BCUT2D eigenvalue weighted by atomic mass is 16.5. The van der Waals surface area contributed by atoms with E-state index >= 15 is 0 Å². The van der Waals surface area contributed by atoms with Gasteiger partial charge in [-0.3, -0.25) is 4.79 Å². The SMILES string of the molecule is CC(C)CC(NC(=O)OCC1c2ccccc2-c2ccccc21)C(=O)N1CCC(C)CC1C(=O)O. The number of likely N-dealkylation sites (tertiary alicyclic amines) is 1. The van der Waals surface area contributed by atoms with Gasteiger partial charge in [0.2, 0.25) is 5.91 Å². The third-order valence-corrected chi connectivity index (χ3v) is 7.07. The molecule has 7 heteroatoms. The number of amides is 2. The molecule has 1 aliphatic heterocycles. The standard InChI is InChI=1S/C28H34N2O5/c1-17(2)14-24(26(31)30-13-12-18(3)15-25(30)27(32)33)29-28(34)35-16-23-21-10-6-4-8-19(21)20-9-5-7-11-22(20)23/h4-11,17-18,23-25H,12-16H2,1-3H3,(H,29,34)(H,32,33). The van der Waals surface area contributed by atoms with Gasteiger partial charge in [-0.25, -0.2) is 9.59 Å². The highest BCUT2D eigenvalue weighted by Crippen LogP contribution is 2.44. The summed E-state index contributed by atoms with van der Waals surface area (Å²) in [6, 6.07) is 14.5. The van der Waals surface area contributed by atoms with E-state index in [1.54, 1.807) is 0 Å². The first-order chi connectivity index (χ1) is 16.8. The van der Waals surface area contributed by atoms with Gasteiger partial charge >= 0.3 is 12.1 Å². The van der Waals surface area contributed by atoms with Gasteiger partial charge in [-0.2, -0.15) is 0 Å². The van der Waals surface area contributed by atoms with E-state index in [-0.39, 0.29) is 30.3 Å². The molecule has 2 aromatic carbocycles. The van der Waals surface area contributed by atoms with Crippen LogP contribution >= 0.6 is 0 Å². The highest BCUT2D eigenvalue weighted by Gasteiger charge is 2.38. The van der Waals surface area contributed by atoms with Crippen molar-refractivity contribution in [3.05, 3.63) is 59.7 Å². The Kier molecular flexibility index (Phi) is 7.43. The number of fused-ring (bicyclic) bond motifs is 3. The number of alkyl carbamates (subject to hydrolysis) is 1. The number of hydrogen-bond acceptors (Lipinski definition) is 4. The summed E-state index contributed by atoms with van der Waals surface area (Å²) >= 11 is 0. The van der Waals surface area contributed by atoms with Crippen molar-refractivity contribution in [1.82, 2.24) is 10.2 Å². The van der Waals surface area contributed by atoms with Crippen LogP contribution in [-0.4, -0.2) is 53.2 Å². The second-order valence-electron chi connectivity index (χ2n) is 10.2. The lowest BCUT2D eigenvalue weighted by molar-refractivity contribution is -0.154. The topological polar surface area (TPSA) is 95.9 Å². The van der Waals surface area contributed by atoms with Crippen molar-refractivity contribution in [2.24, 2.45) is 11.8 Å². The fraction of sp³-hybridized carbons (Fsp3) is 0.464. The van der Waals surface area contributed by atoms with E-state index in [0.29, 0.717) is 19.4 Å². The maximum atomic E-state index is 13.4. The van der Waals surface area contributed by atoms with Gasteiger partial charge in [0.1, 0.15) is 18.7 Å². The number of carboxylic acids is 1. The number of benzene rings is 2. The normalized spacial score (nSPS) is 20.2. The summed E-state index contributed by atoms with van der Waals surface area (Å²) in [5.74, 6) is -1.07. The van der Waals surface area contributed by atoms with Crippen LogP contribution in [0.3, 0.4) is 0 Å². The maximum absolute atomic E-state index is 13.4. The first kappa shape index (κ1) is 24.8. The Hall–Kier alpha value is -3.35. The summed E-state index contributed by atoms with van der Waals surface area (Å²) in [6.07, 6.45) is 0.902. The molecule has 0 aromatic heterocycles. The van der Waals surface area contributed by atoms with Crippen LogP contribution < -0.4 is 5.32 Å². The first-order valence-electron chi connectivity index (χ1n) is 12.4. The van der Waals surface area contributed by atoms with Crippen LogP contribution in [0.4, 0.5) is 4.79 Å². The maximum Gasteiger partial charge on any atom is 0.407 e. The van der Waals surface area contributed by atoms with Gasteiger partial charge in [0.25, 0.3) is 0 Å². The van der Waals surface area contributed by atoms with Gasteiger partial charge in [-0.15, -0.1) is 0 Å². The minimum atomic E-state index is -1.01. The largest absolute Gasteiger partial charge is 0.480 e. The molecule has 1 heterocycles. The zero-order chi connectivity index (χ0) is 25.1. The van der Waals surface area contributed by atoms with Gasteiger partial charge in [0.15, 0.2) is 0 Å². The monoisotopic (exact) mass is 478 g/mol. The third-order valence-electron chi connectivity index (χ3n) is 7.07. The Morgan fingerprint density at radius 1 is 1.06 bits per heavy atom. The number of aliphatic carboxylic acids is 1. The van der Waals surface area contributed by atoms with Crippen LogP contribution in [0.2, 0.25) is 0 Å². The average molecular weight is 479 g/mol. The van der Waals surface area contributed by atoms with E-state index in [4.69, 9.17) is 4.74 Å². The van der Waals surface area contributed by atoms with Gasteiger partial charge in [0, 0.05) is 12.5 Å². The summed E-state index contributed by atoms with van der Waals surface area (Å²) in [5, 5.41) is 12.4. The Balaban J connectivity index is 1.45. The lowest BCUT2D eigenvalue weighted by atomic mass is 9.91. The molecular weight excluding hydrogens is 444 g/mol. The number of carbonyl (C=O) groups excluding carboxylic acids is 2. The summed E-state index contributed by atoms with van der Waals surface area (Å²) in [4.78, 5) is 39.5. The van der Waals surface area contributed by atoms with Crippen LogP contribution in [0.1, 0.15) is 57.1 Å². The molecule has 4 rings (SSSR count). The molecular formula is C28H34N2O5. The van der Waals surface area contributed by atoms with E-state index in [1.807, 2.05) is 45.0 Å². The van der Waals surface area contributed by atoms with Crippen LogP contribution in [0.25, 0.3) is 11.1 Å². The summed E-state index contributed by atoms with van der Waals surface area (Å²) < 4.78 is 5.64. The minimum Gasteiger partial charge on any atom is -0.480 e. The molecule has 0 radical (unpaired) electrons. The lowest BCUT2D eigenvalue weighted by Crippen LogP contribution is -2.56. The Labute approximate surface area is 206 Å². The predicted molar refractivity (Wildman–Crippen MR) is 133 cm³/mol. The molecule has 1 fully saturated rings. The average Bonchev–Trinajstić information content (AvgIpc) is 3.15. The molecule has 2 aromatic rings. The summed E-state index contributed by atoms with van der Waals surface area (Å²) in [6.45, 7) is 6.46. The molecule has 0 saturated carbocycles. The van der Waals surface area contributed by atoms with Gasteiger partial charge in [-0.1, -0.05) is 69.3 Å². The number of nitrogens with zero attached hydrogens (tertiary/aromatic N) is 1. The molecule has 3 unspecified atom stereocenters. The van der Waals surface area contributed by atoms with E-state index in [2.05, 4.69) is 29.6 Å². The van der Waals surface area contributed by atoms with Crippen LogP contribution in [-0.2, 0) is 14.3 Å². The molecule has 2 N–H and O–H groups in total. The van der Waals surface area contributed by atoms with Gasteiger partial charge in [0.05, 0.1) is 0 Å². The van der Waals surface area contributed by atoms with E-state index in [1.165, 1.54) is 4.90 Å². The van der Waals surface area contributed by atoms with Crippen molar-refractivity contribution in [3.63, 3.8) is 0 Å². The van der Waals surface area contributed by atoms with Crippen LogP contribution in [0.15, 0.2) is 48.5 Å². The molecule has 35 heavy (non-hydrogen) atoms. The smallest absolute Gasteiger partial charge is 0.407 e. The second kappa shape index (κ2) is 10.5. The molecule has 3 atom stereocenters. The Morgan fingerprint density at radius 2 is 1.66 bits per heavy atom. The fourth-order valence-corrected chi connectivity index (χ4v) is 5.31. The van der Waals surface area contributed by atoms with E-state index in [9.17, 15) is 19.5 Å². The van der Waals surface area contributed by atoms with Crippen molar-refractivity contribution in [2.75, 3.05) is 13.2 Å². The van der Waals surface area contributed by atoms with E-state index in [0.717, 1.165) is 28.7 Å².